The summed E-state index contributed by atoms with van der Waals surface area (Å²) in [5.74, 6) is -0.228. The lowest BCUT2D eigenvalue weighted by Gasteiger charge is -2.26. The summed E-state index contributed by atoms with van der Waals surface area (Å²) in [6.07, 6.45) is 53.7. The second-order valence-corrected chi connectivity index (χ2v) is 18.2. The average molecular weight is 834 g/mol. The van der Waals surface area contributed by atoms with E-state index in [9.17, 15) is 19.4 Å². The van der Waals surface area contributed by atoms with E-state index in [4.69, 9.17) is 9.05 Å². The molecule has 58 heavy (non-hydrogen) atoms. The number of aliphatic hydroxyl groups is 1. The number of carbonyl (C=O) groups is 1. The minimum atomic E-state index is -4.34. The first-order valence-corrected chi connectivity index (χ1v) is 24.8. The Morgan fingerprint density at radius 1 is 0.603 bits per heavy atom. The van der Waals surface area contributed by atoms with Gasteiger partial charge in [0.2, 0.25) is 5.91 Å². The number of phosphoric ester groups is 1. The molecule has 0 rings (SSSR count). The SMILES string of the molecule is CC/C=C\C/C=C\C/C=C\C/C=C\C/C=C\C/C=C\CCC(=O)NC(COP(=O)(O)OCC[N+](C)(C)C)C(O)CCCCCCCCCCCCCCCCCCC. The van der Waals surface area contributed by atoms with Crippen LogP contribution in [0.4, 0.5) is 0 Å². The fourth-order valence-electron chi connectivity index (χ4n) is 6.30. The van der Waals surface area contributed by atoms with E-state index >= 15 is 0 Å². The number of aliphatic hydroxyl groups excluding tert-OH is 1. The van der Waals surface area contributed by atoms with Crippen molar-refractivity contribution in [2.75, 3.05) is 40.9 Å². The normalized spacial score (nSPS) is 14.9. The number of phosphoric acid groups is 1. The molecule has 0 aromatic heterocycles. The first-order chi connectivity index (χ1) is 28.0. The van der Waals surface area contributed by atoms with Gasteiger partial charge in [-0.25, -0.2) is 4.57 Å². The number of nitrogens with one attached hydrogen (secondary N) is 1. The standard InChI is InChI=1S/C49H89N2O6P/c1-6-8-10-12-14-16-18-20-22-24-25-27-29-31-33-35-37-39-41-43-49(53)50-47(46-57-58(54,55)56-45-44-51(3,4)5)48(52)42-40-38-36-34-32-30-28-26-23-21-19-17-15-13-11-9-7-2/h8,10,14,16,20,22,25,27,31,33,37,39,47-48,52H,6-7,9,11-13,15,17-19,21,23-24,26,28-30,32,34-36,38,40-46H2,1-5H3,(H-,50,53,54,55)/p+1/b10-8-,16-14-,22-20-,27-25-,33-31-,39-37-. The van der Waals surface area contributed by atoms with Crippen LogP contribution in [0.25, 0.3) is 0 Å². The Kier molecular flexibility index (Phi) is 38.9. The van der Waals surface area contributed by atoms with Crippen molar-refractivity contribution in [1.82, 2.24) is 5.32 Å². The summed E-state index contributed by atoms with van der Waals surface area (Å²) in [4.78, 5) is 23.1. The van der Waals surface area contributed by atoms with E-state index in [1.54, 1.807) is 0 Å². The Morgan fingerprint density at radius 3 is 1.41 bits per heavy atom. The fraction of sp³-hybridized carbons (Fsp3) is 0.735. The van der Waals surface area contributed by atoms with Gasteiger partial charge in [0.1, 0.15) is 13.2 Å². The van der Waals surface area contributed by atoms with Crippen molar-refractivity contribution in [1.29, 1.82) is 0 Å². The molecule has 8 nitrogen and oxygen atoms in total. The zero-order chi connectivity index (χ0) is 42.8. The lowest BCUT2D eigenvalue weighted by atomic mass is 10.0. The molecule has 3 atom stereocenters. The quantitative estimate of drug-likeness (QED) is 0.0245. The molecule has 0 aromatic rings. The minimum absolute atomic E-state index is 0.0576. The molecule has 0 saturated heterocycles. The summed E-state index contributed by atoms with van der Waals surface area (Å²) in [6, 6.07) is -0.804. The van der Waals surface area contributed by atoms with Crippen LogP contribution in [0.2, 0.25) is 0 Å². The van der Waals surface area contributed by atoms with Gasteiger partial charge in [-0.3, -0.25) is 13.8 Å². The van der Waals surface area contributed by atoms with Gasteiger partial charge in [-0.15, -0.1) is 0 Å². The third-order valence-electron chi connectivity index (χ3n) is 9.98. The monoisotopic (exact) mass is 834 g/mol. The predicted octanol–water partition coefficient (Wildman–Crippen LogP) is 13.2. The van der Waals surface area contributed by atoms with Gasteiger partial charge in [0.25, 0.3) is 0 Å². The maximum Gasteiger partial charge on any atom is 0.472 e. The molecule has 0 aromatic carbocycles. The Bertz CT molecular complexity index is 1170. The van der Waals surface area contributed by atoms with E-state index in [2.05, 4.69) is 79.9 Å². The largest absolute Gasteiger partial charge is 0.472 e. The van der Waals surface area contributed by atoms with Crippen LogP contribution < -0.4 is 5.32 Å². The predicted molar refractivity (Wildman–Crippen MR) is 249 cm³/mol. The summed E-state index contributed by atoms with van der Waals surface area (Å²) in [6.45, 7) is 4.71. The van der Waals surface area contributed by atoms with Gasteiger partial charge in [0, 0.05) is 6.42 Å². The first-order valence-electron chi connectivity index (χ1n) is 23.3. The van der Waals surface area contributed by atoms with Gasteiger partial charge < -0.3 is 19.8 Å². The van der Waals surface area contributed by atoms with Gasteiger partial charge in [-0.2, -0.15) is 0 Å². The van der Waals surface area contributed by atoms with Gasteiger partial charge in [0.15, 0.2) is 0 Å². The number of hydrogen-bond donors (Lipinski definition) is 3. The minimum Gasteiger partial charge on any atom is -0.391 e. The molecule has 0 fully saturated rings. The number of carbonyl (C=O) groups excluding carboxylic acids is 1. The second kappa shape index (κ2) is 40.4. The van der Waals surface area contributed by atoms with Gasteiger partial charge in [0.05, 0.1) is 39.9 Å². The molecule has 0 aliphatic heterocycles. The zero-order valence-corrected chi connectivity index (χ0v) is 38.9. The molecule has 0 spiro atoms. The smallest absolute Gasteiger partial charge is 0.391 e. The Balaban J connectivity index is 4.48. The lowest BCUT2D eigenvalue weighted by molar-refractivity contribution is -0.870. The van der Waals surface area contributed by atoms with Crippen molar-refractivity contribution in [3.8, 4) is 0 Å². The van der Waals surface area contributed by atoms with Crippen molar-refractivity contribution < 1.29 is 32.9 Å². The first kappa shape index (κ1) is 55.9. The molecule has 0 aliphatic rings. The van der Waals surface area contributed by atoms with Crippen LogP contribution in [-0.2, 0) is 18.4 Å². The highest BCUT2D eigenvalue weighted by Crippen LogP contribution is 2.43. The van der Waals surface area contributed by atoms with Crippen molar-refractivity contribution >= 4 is 13.7 Å². The number of unbranched alkanes of at least 4 members (excludes halogenated alkanes) is 16. The highest BCUT2D eigenvalue weighted by molar-refractivity contribution is 7.47. The maximum absolute atomic E-state index is 12.9. The van der Waals surface area contributed by atoms with E-state index in [0.29, 0.717) is 23.9 Å². The molecule has 3 unspecified atom stereocenters. The number of allylic oxidation sites excluding steroid dienone is 12. The van der Waals surface area contributed by atoms with Crippen LogP contribution in [0, 0.1) is 0 Å². The summed E-state index contributed by atoms with van der Waals surface area (Å²) in [5.41, 5.74) is 0. The number of amides is 1. The molecule has 0 radical (unpaired) electrons. The van der Waals surface area contributed by atoms with Crippen LogP contribution in [-0.4, -0.2) is 73.4 Å². The summed E-state index contributed by atoms with van der Waals surface area (Å²) >= 11 is 0. The van der Waals surface area contributed by atoms with E-state index in [1.807, 2.05) is 33.3 Å². The Hall–Kier alpha value is -2.06. The zero-order valence-electron chi connectivity index (χ0n) is 38.0. The molecule has 0 aliphatic carbocycles. The molecular weight excluding hydrogens is 744 g/mol. The number of nitrogens with zero attached hydrogens (tertiary/aromatic N) is 1. The fourth-order valence-corrected chi connectivity index (χ4v) is 7.04. The van der Waals surface area contributed by atoms with Crippen molar-refractivity contribution in [3.05, 3.63) is 72.9 Å². The number of likely N-dealkylation sites (N-methyl/N-ethyl adjacent to an activating group) is 1. The Morgan fingerprint density at radius 2 is 1.00 bits per heavy atom. The highest BCUT2D eigenvalue weighted by atomic mass is 31.2. The summed E-state index contributed by atoms with van der Waals surface area (Å²) in [7, 11) is 1.56. The molecule has 1 amide bonds. The topological polar surface area (TPSA) is 105 Å². The molecule has 336 valence electrons. The molecule has 0 saturated carbocycles. The van der Waals surface area contributed by atoms with Crippen molar-refractivity contribution in [2.24, 2.45) is 0 Å². The van der Waals surface area contributed by atoms with Crippen LogP contribution in [0.5, 0.6) is 0 Å². The van der Waals surface area contributed by atoms with Crippen molar-refractivity contribution in [3.63, 3.8) is 0 Å². The molecule has 3 N–H and O–H groups in total. The average Bonchev–Trinajstić information content (AvgIpc) is 3.17. The number of quaternary nitrogens is 1. The lowest BCUT2D eigenvalue weighted by Crippen LogP contribution is -2.46. The molecule has 9 heteroatoms. The van der Waals surface area contributed by atoms with Crippen LogP contribution in [0.3, 0.4) is 0 Å². The summed E-state index contributed by atoms with van der Waals surface area (Å²) < 4.78 is 23.6. The van der Waals surface area contributed by atoms with Crippen LogP contribution in [0.1, 0.15) is 181 Å². The third kappa shape index (κ3) is 42.1. The van der Waals surface area contributed by atoms with Crippen LogP contribution in [0.15, 0.2) is 72.9 Å². The molecule has 0 heterocycles. The highest BCUT2D eigenvalue weighted by Gasteiger charge is 2.28. The second-order valence-electron chi connectivity index (χ2n) is 16.8. The van der Waals surface area contributed by atoms with Gasteiger partial charge in [-0.1, -0.05) is 196 Å². The maximum atomic E-state index is 12.9. The molecule has 0 bridgehead atoms. The Labute approximate surface area is 357 Å². The third-order valence-corrected chi connectivity index (χ3v) is 11.0. The van der Waals surface area contributed by atoms with E-state index < -0.39 is 20.0 Å². The van der Waals surface area contributed by atoms with Crippen LogP contribution >= 0.6 is 7.82 Å². The van der Waals surface area contributed by atoms with Gasteiger partial charge >= 0.3 is 7.82 Å². The number of rotatable bonds is 41. The van der Waals surface area contributed by atoms with Crippen molar-refractivity contribution in [2.45, 2.75) is 193 Å². The van der Waals surface area contributed by atoms with E-state index in [1.165, 1.54) is 89.9 Å². The summed E-state index contributed by atoms with van der Waals surface area (Å²) in [5, 5.41) is 13.9. The van der Waals surface area contributed by atoms with E-state index in [-0.39, 0.29) is 25.5 Å². The van der Waals surface area contributed by atoms with Gasteiger partial charge in [-0.05, 0) is 51.4 Å². The number of hydrogen-bond acceptors (Lipinski definition) is 5. The van der Waals surface area contributed by atoms with E-state index in [0.717, 1.165) is 57.8 Å². The molecular formula is C49H90N2O6P+.